The van der Waals surface area contributed by atoms with Gasteiger partial charge in [0.1, 0.15) is 11.4 Å². The first-order valence-electron chi connectivity index (χ1n) is 6.06. The molecule has 0 radical (unpaired) electrons. The molecule has 20 heavy (non-hydrogen) atoms. The first-order valence-corrected chi connectivity index (χ1v) is 6.85. The first-order chi connectivity index (χ1) is 9.56. The highest BCUT2D eigenvalue weighted by atomic mass is 79.9. The molecule has 1 amide bonds. The lowest BCUT2D eigenvalue weighted by Gasteiger charge is -2.01. The van der Waals surface area contributed by atoms with E-state index in [2.05, 4.69) is 31.4 Å². The summed E-state index contributed by atoms with van der Waals surface area (Å²) in [5, 5.41) is 10.3. The summed E-state index contributed by atoms with van der Waals surface area (Å²) in [6, 6.07) is 5.66. The van der Waals surface area contributed by atoms with Crippen LogP contribution in [0, 0.1) is 13.8 Å². The molecule has 3 aromatic rings. The largest absolute Gasteiger partial charge is 0.451 e. The number of benzene rings is 1. The fourth-order valence-electron chi connectivity index (χ4n) is 2.05. The molecule has 1 aromatic carbocycles. The molecule has 0 bridgehead atoms. The standard InChI is InChI=1S/C14H12BrN3O2/c1-7-6-16-18-13(7)17-14(19)12-8(2)10-5-9(15)3-4-11(10)20-12/h3-6H,1-2H3,(H2,16,17,18,19). The molecule has 3 rings (SSSR count). The van der Waals surface area contributed by atoms with Gasteiger partial charge in [-0.15, -0.1) is 0 Å². The Balaban J connectivity index is 2.00. The molecule has 0 saturated heterocycles. The lowest BCUT2D eigenvalue weighted by Crippen LogP contribution is -2.13. The maximum Gasteiger partial charge on any atom is 0.292 e. The van der Waals surface area contributed by atoms with E-state index in [4.69, 9.17) is 4.42 Å². The van der Waals surface area contributed by atoms with Crippen LogP contribution in [0.3, 0.4) is 0 Å². The normalized spacial score (nSPS) is 10.9. The zero-order valence-electron chi connectivity index (χ0n) is 11.0. The minimum Gasteiger partial charge on any atom is -0.451 e. The summed E-state index contributed by atoms with van der Waals surface area (Å²) in [6.45, 7) is 3.73. The monoisotopic (exact) mass is 333 g/mol. The van der Waals surface area contributed by atoms with Crippen LogP contribution in [0.15, 0.2) is 33.3 Å². The SMILES string of the molecule is Cc1cn[nH]c1NC(=O)c1oc2ccc(Br)cc2c1C. The third kappa shape index (κ3) is 2.12. The van der Waals surface area contributed by atoms with Crippen LogP contribution in [0.1, 0.15) is 21.7 Å². The van der Waals surface area contributed by atoms with Gasteiger partial charge < -0.3 is 9.73 Å². The summed E-state index contributed by atoms with van der Waals surface area (Å²) in [5.41, 5.74) is 2.38. The maximum atomic E-state index is 12.3. The van der Waals surface area contributed by atoms with Gasteiger partial charge in [-0.1, -0.05) is 15.9 Å². The molecule has 2 aromatic heterocycles. The number of carbonyl (C=O) groups is 1. The number of amides is 1. The van der Waals surface area contributed by atoms with Gasteiger partial charge >= 0.3 is 0 Å². The maximum absolute atomic E-state index is 12.3. The third-order valence-electron chi connectivity index (χ3n) is 3.17. The van der Waals surface area contributed by atoms with Crippen LogP contribution in [-0.2, 0) is 0 Å². The second-order valence-corrected chi connectivity index (χ2v) is 5.49. The van der Waals surface area contributed by atoms with Gasteiger partial charge in [-0.05, 0) is 32.0 Å². The minimum atomic E-state index is -0.290. The minimum absolute atomic E-state index is 0.290. The van der Waals surface area contributed by atoms with Crippen molar-refractivity contribution in [3.63, 3.8) is 0 Å². The number of aryl methyl sites for hydroxylation is 2. The highest BCUT2D eigenvalue weighted by Gasteiger charge is 2.18. The van der Waals surface area contributed by atoms with Gasteiger partial charge in [-0.25, -0.2) is 0 Å². The van der Waals surface area contributed by atoms with Gasteiger partial charge in [-0.2, -0.15) is 5.10 Å². The number of hydrogen-bond acceptors (Lipinski definition) is 3. The third-order valence-corrected chi connectivity index (χ3v) is 3.67. The summed E-state index contributed by atoms with van der Waals surface area (Å²) >= 11 is 3.42. The fourth-order valence-corrected chi connectivity index (χ4v) is 2.41. The second-order valence-electron chi connectivity index (χ2n) is 4.58. The van der Waals surface area contributed by atoms with Gasteiger partial charge in [0.05, 0.1) is 6.20 Å². The summed E-state index contributed by atoms with van der Waals surface area (Å²) in [4.78, 5) is 12.3. The van der Waals surface area contributed by atoms with E-state index in [1.165, 1.54) is 0 Å². The number of aromatic nitrogens is 2. The molecule has 0 aliphatic rings. The zero-order valence-corrected chi connectivity index (χ0v) is 12.5. The molecular weight excluding hydrogens is 322 g/mol. The molecule has 5 nitrogen and oxygen atoms in total. The Kier molecular flexibility index (Phi) is 3.10. The van der Waals surface area contributed by atoms with E-state index in [0.29, 0.717) is 17.2 Å². The number of nitrogens with zero attached hydrogens (tertiary/aromatic N) is 1. The van der Waals surface area contributed by atoms with Crippen molar-refractivity contribution in [3.05, 3.63) is 45.8 Å². The predicted molar refractivity (Wildman–Crippen MR) is 79.9 cm³/mol. The number of halogens is 1. The average Bonchev–Trinajstić information content (AvgIpc) is 2.95. The van der Waals surface area contributed by atoms with Crippen molar-refractivity contribution in [2.75, 3.05) is 5.32 Å². The molecule has 0 aliphatic carbocycles. The van der Waals surface area contributed by atoms with E-state index in [-0.39, 0.29) is 5.91 Å². The Bertz CT molecular complexity index is 804. The molecule has 0 unspecified atom stereocenters. The van der Waals surface area contributed by atoms with E-state index in [1.807, 2.05) is 32.0 Å². The lowest BCUT2D eigenvalue weighted by molar-refractivity contribution is 0.0997. The Morgan fingerprint density at radius 2 is 2.20 bits per heavy atom. The van der Waals surface area contributed by atoms with Crippen molar-refractivity contribution < 1.29 is 9.21 Å². The smallest absolute Gasteiger partial charge is 0.292 e. The van der Waals surface area contributed by atoms with Gasteiger partial charge in [0.2, 0.25) is 0 Å². The number of nitrogens with one attached hydrogen (secondary N) is 2. The Labute approximate surface area is 123 Å². The highest BCUT2D eigenvalue weighted by molar-refractivity contribution is 9.10. The van der Waals surface area contributed by atoms with E-state index in [9.17, 15) is 4.79 Å². The summed E-state index contributed by atoms with van der Waals surface area (Å²) in [7, 11) is 0. The van der Waals surface area contributed by atoms with Crippen LogP contribution in [0.4, 0.5) is 5.82 Å². The summed E-state index contributed by atoms with van der Waals surface area (Å²) in [6.07, 6.45) is 1.65. The number of carbonyl (C=O) groups excluding carboxylic acids is 1. The molecule has 0 fully saturated rings. The number of hydrogen-bond donors (Lipinski definition) is 2. The van der Waals surface area contributed by atoms with Gasteiger partial charge in [0, 0.05) is 21.0 Å². The van der Waals surface area contributed by atoms with Gasteiger partial charge in [0.15, 0.2) is 5.76 Å². The molecule has 2 N–H and O–H groups in total. The van der Waals surface area contributed by atoms with Gasteiger partial charge in [0.25, 0.3) is 5.91 Å². The van der Waals surface area contributed by atoms with Crippen LogP contribution in [0.25, 0.3) is 11.0 Å². The first kappa shape index (κ1) is 12.9. The number of rotatable bonds is 2. The molecule has 0 aliphatic heterocycles. The molecule has 0 spiro atoms. The molecule has 2 heterocycles. The van der Waals surface area contributed by atoms with Crippen molar-refractivity contribution >= 4 is 38.6 Å². The molecule has 102 valence electrons. The van der Waals surface area contributed by atoms with E-state index in [1.54, 1.807) is 6.20 Å². The molecule has 0 atom stereocenters. The van der Waals surface area contributed by atoms with Crippen molar-refractivity contribution in [2.45, 2.75) is 13.8 Å². The van der Waals surface area contributed by atoms with Crippen LogP contribution in [0.5, 0.6) is 0 Å². The Hall–Kier alpha value is -2.08. The highest BCUT2D eigenvalue weighted by Crippen LogP contribution is 2.28. The Morgan fingerprint density at radius 3 is 2.90 bits per heavy atom. The Morgan fingerprint density at radius 1 is 1.40 bits per heavy atom. The molecule has 0 saturated carbocycles. The van der Waals surface area contributed by atoms with Crippen LogP contribution in [-0.4, -0.2) is 16.1 Å². The van der Waals surface area contributed by atoms with Crippen molar-refractivity contribution in [3.8, 4) is 0 Å². The predicted octanol–water partition coefficient (Wildman–Crippen LogP) is 3.79. The zero-order chi connectivity index (χ0) is 14.3. The molecular formula is C14H12BrN3O2. The number of aromatic amines is 1. The van der Waals surface area contributed by atoms with E-state index >= 15 is 0 Å². The van der Waals surface area contributed by atoms with Crippen LogP contribution in [0.2, 0.25) is 0 Å². The van der Waals surface area contributed by atoms with Gasteiger partial charge in [-0.3, -0.25) is 9.89 Å². The summed E-state index contributed by atoms with van der Waals surface area (Å²) < 4.78 is 6.59. The number of fused-ring (bicyclic) bond motifs is 1. The van der Waals surface area contributed by atoms with Crippen molar-refractivity contribution in [1.82, 2.24) is 10.2 Å². The quantitative estimate of drug-likeness (QED) is 0.749. The fraction of sp³-hybridized carbons (Fsp3) is 0.143. The van der Waals surface area contributed by atoms with E-state index < -0.39 is 0 Å². The van der Waals surface area contributed by atoms with Crippen molar-refractivity contribution in [1.29, 1.82) is 0 Å². The number of anilines is 1. The lowest BCUT2D eigenvalue weighted by atomic mass is 10.1. The number of H-pyrrole nitrogens is 1. The van der Waals surface area contributed by atoms with E-state index in [0.717, 1.165) is 21.0 Å². The summed E-state index contributed by atoms with van der Waals surface area (Å²) in [5.74, 6) is 0.602. The van der Waals surface area contributed by atoms with Crippen molar-refractivity contribution in [2.24, 2.45) is 0 Å². The average molecular weight is 334 g/mol. The number of furan rings is 1. The topological polar surface area (TPSA) is 70.9 Å². The second kappa shape index (κ2) is 4.79. The van der Waals surface area contributed by atoms with Crippen LogP contribution < -0.4 is 5.32 Å². The molecule has 6 heteroatoms. The van der Waals surface area contributed by atoms with Crippen LogP contribution >= 0.6 is 15.9 Å².